The minimum absolute atomic E-state index is 0.0283. The van der Waals surface area contributed by atoms with Crippen molar-refractivity contribution in [2.75, 3.05) is 7.11 Å². The Morgan fingerprint density at radius 2 is 2.12 bits per heavy atom. The number of aromatic nitrogens is 2. The van der Waals surface area contributed by atoms with Crippen LogP contribution in [0.2, 0.25) is 0 Å². The molecule has 1 amide bonds. The summed E-state index contributed by atoms with van der Waals surface area (Å²) in [6.45, 7) is 1.96. The lowest BCUT2D eigenvalue weighted by Gasteiger charge is -2.06. The van der Waals surface area contributed by atoms with Crippen molar-refractivity contribution in [2.24, 2.45) is 5.10 Å². The first-order valence-electron chi connectivity index (χ1n) is 7.70. The number of carbonyl (C=O) groups excluding carboxylic acids is 1. The van der Waals surface area contributed by atoms with Crippen molar-refractivity contribution in [2.45, 2.75) is 13.5 Å². The number of methoxy groups -OCH3 is 1. The highest BCUT2D eigenvalue weighted by molar-refractivity contribution is 5.86. The van der Waals surface area contributed by atoms with E-state index in [1.807, 2.05) is 35.8 Å². The summed E-state index contributed by atoms with van der Waals surface area (Å²) in [5, 5.41) is 13.9. The maximum Gasteiger partial charge on any atom is 0.260 e. The molecule has 0 spiro atoms. The predicted molar refractivity (Wildman–Crippen MR) is 94.9 cm³/mol. The quantitative estimate of drug-likeness (QED) is 0.551. The first kappa shape index (κ1) is 16.5. The molecule has 2 aromatic carbocycles. The Bertz CT molecular complexity index is 947. The van der Waals surface area contributed by atoms with Crippen molar-refractivity contribution in [1.29, 1.82) is 0 Å². The van der Waals surface area contributed by atoms with E-state index >= 15 is 0 Å². The molecule has 0 radical (unpaired) electrons. The molecule has 1 heterocycles. The van der Waals surface area contributed by atoms with Crippen LogP contribution in [0.25, 0.3) is 11.0 Å². The van der Waals surface area contributed by atoms with Crippen LogP contribution in [-0.4, -0.2) is 33.9 Å². The lowest BCUT2D eigenvalue weighted by molar-refractivity contribution is -0.121. The van der Waals surface area contributed by atoms with Crippen LogP contribution in [0.3, 0.4) is 0 Å². The zero-order chi connectivity index (χ0) is 17.8. The number of imidazole rings is 1. The van der Waals surface area contributed by atoms with Gasteiger partial charge < -0.3 is 14.4 Å². The third-order valence-electron chi connectivity index (χ3n) is 3.79. The number of nitrogens with zero attached hydrogens (tertiary/aromatic N) is 3. The van der Waals surface area contributed by atoms with Crippen molar-refractivity contribution < 1.29 is 14.6 Å². The van der Waals surface area contributed by atoms with Crippen molar-refractivity contribution in [3.63, 3.8) is 0 Å². The summed E-state index contributed by atoms with van der Waals surface area (Å²) in [4.78, 5) is 16.6. The Morgan fingerprint density at radius 1 is 1.32 bits per heavy atom. The van der Waals surface area contributed by atoms with Gasteiger partial charge in [-0.1, -0.05) is 18.2 Å². The van der Waals surface area contributed by atoms with E-state index in [9.17, 15) is 9.90 Å². The number of aromatic hydroxyl groups is 1. The van der Waals surface area contributed by atoms with Gasteiger partial charge in [-0.15, -0.1) is 0 Å². The highest BCUT2D eigenvalue weighted by atomic mass is 16.5. The topological polar surface area (TPSA) is 88.7 Å². The van der Waals surface area contributed by atoms with Gasteiger partial charge in [0, 0.05) is 5.56 Å². The highest BCUT2D eigenvalue weighted by Crippen LogP contribution is 2.27. The number of fused-ring (bicyclic) bond motifs is 1. The maximum atomic E-state index is 12.1. The van der Waals surface area contributed by atoms with Crippen molar-refractivity contribution in [1.82, 2.24) is 15.0 Å². The van der Waals surface area contributed by atoms with Crippen LogP contribution in [0.1, 0.15) is 11.4 Å². The number of hydrazone groups is 1. The number of aryl methyl sites for hydroxylation is 1. The molecule has 0 unspecified atom stereocenters. The van der Waals surface area contributed by atoms with Gasteiger partial charge in [0.1, 0.15) is 12.4 Å². The van der Waals surface area contributed by atoms with Gasteiger partial charge in [0.05, 0.1) is 24.4 Å². The number of hydrogen-bond acceptors (Lipinski definition) is 5. The van der Waals surface area contributed by atoms with Crippen molar-refractivity contribution >= 4 is 23.2 Å². The Kier molecular flexibility index (Phi) is 4.65. The van der Waals surface area contributed by atoms with E-state index in [2.05, 4.69) is 15.5 Å². The second-order valence-corrected chi connectivity index (χ2v) is 5.43. The van der Waals surface area contributed by atoms with E-state index < -0.39 is 0 Å². The van der Waals surface area contributed by atoms with Crippen LogP contribution >= 0.6 is 0 Å². The van der Waals surface area contributed by atoms with Gasteiger partial charge >= 0.3 is 0 Å². The summed E-state index contributed by atoms with van der Waals surface area (Å²) in [6.07, 6.45) is 1.37. The molecule has 7 heteroatoms. The van der Waals surface area contributed by atoms with E-state index in [4.69, 9.17) is 4.74 Å². The SMILES string of the molecule is COc1cccc(C=NNC(=O)Cn2c(C)nc3ccccc32)c1O. The lowest BCUT2D eigenvalue weighted by Crippen LogP contribution is -2.23. The van der Waals surface area contributed by atoms with Gasteiger partial charge in [0.2, 0.25) is 0 Å². The number of rotatable bonds is 5. The standard InChI is InChI=1S/C18H18N4O3/c1-12-20-14-7-3-4-8-15(14)22(12)11-17(23)21-19-10-13-6-5-9-16(25-2)18(13)24/h3-10,24H,11H2,1-2H3,(H,21,23). The largest absolute Gasteiger partial charge is 0.504 e. The monoisotopic (exact) mass is 338 g/mol. The molecular weight excluding hydrogens is 320 g/mol. The van der Waals surface area contributed by atoms with Gasteiger partial charge in [-0.05, 0) is 31.2 Å². The summed E-state index contributed by atoms with van der Waals surface area (Å²) >= 11 is 0. The summed E-state index contributed by atoms with van der Waals surface area (Å²) in [5.74, 6) is 0.783. The normalized spacial score (nSPS) is 11.1. The highest BCUT2D eigenvalue weighted by Gasteiger charge is 2.10. The second-order valence-electron chi connectivity index (χ2n) is 5.43. The second kappa shape index (κ2) is 7.04. The number of benzene rings is 2. The minimum Gasteiger partial charge on any atom is -0.504 e. The van der Waals surface area contributed by atoms with Crippen LogP contribution in [0.5, 0.6) is 11.5 Å². The molecule has 0 aliphatic rings. The van der Waals surface area contributed by atoms with Gasteiger partial charge in [-0.25, -0.2) is 10.4 Å². The van der Waals surface area contributed by atoms with Crippen LogP contribution in [-0.2, 0) is 11.3 Å². The number of nitrogens with one attached hydrogen (secondary N) is 1. The molecule has 25 heavy (non-hydrogen) atoms. The molecule has 0 aliphatic heterocycles. The molecule has 0 fully saturated rings. The molecular formula is C18H18N4O3. The number of amides is 1. The number of hydrogen-bond donors (Lipinski definition) is 2. The first-order chi connectivity index (χ1) is 12.1. The van der Waals surface area contributed by atoms with E-state index in [1.165, 1.54) is 13.3 Å². The molecule has 0 bridgehead atoms. The average molecular weight is 338 g/mol. The zero-order valence-electron chi connectivity index (χ0n) is 13.9. The predicted octanol–water partition coefficient (Wildman–Crippen LogP) is 2.21. The van der Waals surface area contributed by atoms with E-state index in [0.717, 1.165) is 16.9 Å². The van der Waals surface area contributed by atoms with E-state index in [-0.39, 0.29) is 18.2 Å². The first-order valence-corrected chi connectivity index (χ1v) is 7.70. The lowest BCUT2D eigenvalue weighted by atomic mass is 10.2. The Balaban J connectivity index is 1.70. The smallest absolute Gasteiger partial charge is 0.260 e. The van der Waals surface area contributed by atoms with Crippen molar-refractivity contribution in [3.05, 3.63) is 53.9 Å². The Morgan fingerprint density at radius 3 is 2.92 bits per heavy atom. The average Bonchev–Trinajstić information content (AvgIpc) is 2.92. The third-order valence-corrected chi connectivity index (χ3v) is 3.79. The molecule has 0 atom stereocenters. The number of ether oxygens (including phenoxy) is 1. The fourth-order valence-corrected chi connectivity index (χ4v) is 2.56. The van der Waals surface area contributed by atoms with Crippen LogP contribution in [0.15, 0.2) is 47.6 Å². The number of carbonyl (C=O) groups is 1. The van der Waals surface area contributed by atoms with E-state index in [0.29, 0.717) is 11.3 Å². The van der Waals surface area contributed by atoms with Crippen LogP contribution in [0.4, 0.5) is 0 Å². The molecule has 0 saturated carbocycles. The molecule has 128 valence electrons. The summed E-state index contributed by atoms with van der Waals surface area (Å²) in [6, 6.07) is 12.7. The summed E-state index contributed by atoms with van der Waals surface area (Å²) in [7, 11) is 1.47. The number of phenols is 1. The van der Waals surface area contributed by atoms with Crippen molar-refractivity contribution in [3.8, 4) is 11.5 Å². The van der Waals surface area contributed by atoms with E-state index in [1.54, 1.807) is 18.2 Å². The third kappa shape index (κ3) is 3.45. The van der Waals surface area contributed by atoms with Crippen LogP contribution < -0.4 is 10.2 Å². The fourth-order valence-electron chi connectivity index (χ4n) is 2.56. The Hall–Kier alpha value is -3.35. The summed E-state index contributed by atoms with van der Waals surface area (Å²) < 4.78 is 6.85. The number of phenolic OH excluding ortho intramolecular Hbond substituents is 1. The number of para-hydroxylation sites is 3. The summed E-state index contributed by atoms with van der Waals surface area (Å²) in [5.41, 5.74) is 4.64. The van der Waals surface area contributed by atoms with Crippen LogP contribution in [0, 0.1) is 6.92 Å². The zero-order valence-corrected chi connectivity index (χ0v) is 13.9. The van der Waals surface area contributed by atoms with Gasteiger partial charge in [0.15, 0.2) is 11.5 Å². The van der Waals surface area contributed by atoms with Gasteiger partial charge in [-0.2, -0.15) is 5.10 Å². The molecule has 0 aliphatic carbocycles. The minimum atomic E-state index is -0.287. The molecule has 1 aromatic heterocycles. The van der Waals surface area contributed by atoms with Gasteiger partial charge in [0.25, 0.3) is 5.91 Å². The molecule has 2 N–H and O–H groups in total. The maximum absolute atomic E-state index is 12.1. The van der Waals surface area contributed by atoms with Gasteiger partial charge in [-0.3, -0.25) is 4.79 Å². The molecule has 7 nitrogen and oxygen atoms in total. The molecule has 3 aromatic rings. The molecule has 3 rings (SSSR count). The fraction of sp³-hybridized carbons (Fsp3) is 0.167. The molecule has 0 saturated heterocycles. The Labute approximate surface area is 144 Å².